The number of amides is 1. The molecule has 0 bridgehead atoms. The van der Waals surface area contributed by atoms with Crippen molar-refractivity contribution in [2.75, 3.05) is 6.54 Å². The normalized spacial score (nSPS) is 13.3. The Bertz CT molecular complexity index is 613. The number of carbonyl (C=O) groups is 1. The predicted octanol–water partition coefficient (Wildman–Crippen LogP) is 2.81. The van der Waals surface area contributed by atoms with Gasteiger partial charge in [0.05, 0.1) is 4.90 Å². The Kier molecular flexibility index (Phi) is 7.51. The van der Waals surface area contributed by atoms with Crippen molar-refractivity contribution in [3.8, 4) is 0 Å². The van der Waals surface area contributed by atoms with E-state index in [0.29, 0.717) is 17.5 Å². The number of hydrogen-bond donors (Lipinski definition) is 2. The third-order valence-corrected chi connectivity index (χ3v) is 5.09. The average Bonchev–Trinajstić information content (AvgIpc) is 2.44. The Hall–Kier alpha value is -1.11. The molecule has 0 saturated heterocycles. The molecule has 1 amide bonds. The number of sulfonamides is 1. The van der Waals surface area contributed by atoms with Crippen molar-refractivity contribution >= 4 is 27.5 Å². The Morgan fingerprint density at radius 2 is 1.70 bits per heavy atom. The lowest BCUT2D eigenvalue weighted by Crippen LogP contribution is -2.49. The lowest BCUT2D eigenvalue weighted by atomic mass is 10.0. The second-order valence-corrected chi connectivity index (χ2v) is 8.42. The molecule has 0 aliphatic carbocycles. The highest BCUT2D eigenvalue weighted by Gasteiger charge is 2.28. The van der Waals surface area contributed by atoms with E-state index in [1.807, 2.05) is 0 Å². The first-order chi connectivity index (χ1) is 10.6. The summed E-state index contributed by atoms with van der Waals surface area (Å²) in [6, 6.07) is 5.02. The van der Waals surface area contributed by atoms with Crippen LogP contribution in [0.2, 0.25) is 5.02 Å². The molecular formula is C16H25ClN2O3S. The molecular weight excluding hydrogens is 336 g/mol. The number of nitrogens with one attached hydrogen (secondary N) is 2. The molecule has 7 heteroatoms. The highest BCUT2D eigenvalue weighted by molar-refractivity contribution is 7.89. The Labute approximate surface area is 143 Å². The van der Waals surface area contributed by atoms with Crippen LogP contribution in [0, 0.1) is 11.8 Å². The van der Waals surface area contributed by atoms with Crippen LogP contribution in [0.1, 0.15) is 34.1 Å². The van der Waals surface area contributed by atoms with E-state index in [2.05, 4.69) is 23.9 Å². The van der Waals surface area contributed by atoms with Crippen LogP contribution in [0.3, 0.4) is 0 Å². The molecule has 0 fully saturated rings. The monoisotopic (exact) mass is 360 g/mol. The molecule has 2 N–H and O–H groups in total. The van der Waals surface area contributed by atoms with E-state index in [4.69, 9.17) is 11.6 Å². The van der Waals surface area contributed by atoms with Crippen LogP contribution < -0.4 is 10.0 Å². The average molecular weight is 361 g/mol. The maximum absolute atomic E-state index is 12.4. The first kappa shape index (κ1) is 19.9. The van der Waals surface area contributed by atoms with Gasteiger partial charge in [-0.3, -0.25) is 4.79 Å². The molecule has 1 atom stereocenters. The third-order valence-electron chi connectivity index (χ3n) is 3.38. The van der Waals surface area contributed by atoms with E-state index < -0.39 is 16.1 Å². The Morgan fingerprint density at radius 3 is 2.17 bits per heavy atom. The molecule has 0 radical (unpaired) electrons. The van der Waals surface area contributed by atoms with E-state index in [0.717, 1.165) is 6.42 Å². The molecule has 130 valence electrons. The van der Waals surface area contributed by atoms with Crippen LogP contribution in [0.25, 0.3) is 0 Å². The lowest BCUT2D eigenvalue weighted by Gasteiger charge is -2.22. The molecule has 0 heterocycles. The topological polar surface area (TPSA) is 75.3 Å². The minimum Gasteiger partial charge on any atom is -0.355 e. The van der Waals surface area contributed by atoms with Crippen molar-refractivity contribution in [3.05, 3.63) is 29.3 Å². The number of benzene rings is 1. The van der Waals surface area contributed by atoms with E-state index in [9.17, 15) is 13.2 Å². The second kappa shape index (κ2) is 8.66. The minimum atomic E-state index is -3.78. The van der Waals surface area contributed by atoms with Gasteiger partial charge in [0, 0.05) is 11.6 Å². The SMILES string of the molecule is CC(C)CCNC(=O)[C@H](NS(=O)(=O)c1ccc(Cl)cc1)C(C)C. The first-order valence-electron chi connectivity index (χ1n) is 7.69. The predicted molar refractivity (Wildman–Crippen MR) is 92.9 cm³/mol. The molecule has 1 aromatic rings. The highest BCUT2D eigenvalue weighted by atomic mass is 35.5. The number of hydrogen-bond acceptors (Lipinski definition) is 3. The van der Waals surface area contributed by atoms with Gasteiger partial charge < -0.3 is 5.32 Å². The van der Waals surface area contributed by atoms with Gasteiger partial charge in [0.1, 0.15) is 6.04 Å². The van der Waals surface area contributed by atoms with Crippen molar-refractivity contribution in [3.63, 3.8) is 0 Å². The standard InChI is InChI=1S/C16H25ClN2O3S/c1-11(2)9-10-18-16(20)15(12(3)4)19-23(21,22)14-7-5-13(17)6-8-14/h5-8,11-12,15,19H,9-10H2,1-4H3,(H,18,20)/t15-/m1/s1. The van der Waals surface area contributed by atoms with Crippen molar-refractivity contribution in [2.45, 2.75) is 45.1 Å². The Balaban J connectivity index is 2.82. The van der Waals surface area contributed by atoms with Gasteiger partial charge in [-0.1, -0.05) is 39.3 Å². The van der Waals surface area contributed by atoms with Gasteiger partial charge in [0.15, 0.2) is 0 Å². The molecule has 0 unspecified atom stereocenters. The van der Waals surface area contributed by atoms with E-state index in [1.54, 1.807) is 13.8 Å². The third kappa shape index (κ3) is 6.49. The van der Waals surface area contributed by atoms with E-state index >= 15 is 0 Å². The molecule has 1 rings (SSSR count). The zero-order chi connectivity index (χ0) is 17.6. The summed E-state index contributed by atoms with van der Waals surface area (Å²) < 4.78 is 27.3. The van der Waals surface area contributed by atoms with Crippen LogP contribution in [0.15, 0.2) is 29.2 Å². The van der Waals surface area contributed by atoms with Gasteiger partial charge in [0.25, 0.3) is 0 Å². The summed E-state index contributed by atoms with van der Waals surface area (Å²) in [6.45, 7) is 8.27. The van der Waals surface area contributed by atoms with Gasteiger partial charge in [-0.05, 0) is 42.5 Å². The summed E-state index contributed by atoms with van der Waals surface area (Å²) in [5.74, 6) is -0.00660. The smallest absolute Gasteiger partial charge is 0.241 e. The fourth-order valence-electron chi connectivity index (χ4n) is 1.94. The van der Waals surface area contributed by atoms with Crippen LogP contribution in [-0.4, -0.2) is 26.9 Å². The fourth-order valence-corrected chi connectivity index (χ4v) is 3.41. The lowest BCUT2D eigenvalue weighted by molar-refractivity contribution is -0.123. The van der Waals surface area contributed by atoms with Crippen molar-refractivity contribution in [1.29, 1.82) is 0 Å². The van der Waals surface area contributed by atoms with E-state index in [1.165, 1.54) is 24.3 Å². The quantitative estimate of drug-likeness (QED) is 0.748. The van der Waals surface area contributed by atoms with Gasteiger partial charge in [-0.2, -0.15) is 4.72 Å². The van der Waals surface area contributed by atoms with Gasteiger partial charge in [0.2, 0.25) is 15.9 Å². The number of carbonyl (C=O) groups excluding carboxylic acids is 1. The van der Waals surface area contributed by atoms with Crippen LogP contribution >= 0.6 is 11.6 Å². The fraction of sp³-hybridized carbons (Fsp3) is 0.562. The number of rotatable bonds is 8. The van der Waals surface area contributed by atoms with E-state index in [-0.39, 0.29) is 16.7 Å². The second-order valence-electron chi connectivity index (χ2n) is 6.27. The molecule has 23 heavy (non-hydrogen) atoms. The molecule has 0 spiro atoms. The number of halogens is 1. The van der Waals surface area contributed by atoms with Crippen LogP contribution in [-0.2, 0) is 14.8 Å². The molecule has 0 saturated carbocycles. The van der Waals surface area contributed by atoms with Crippen molar-refractivity contribution in [1.82, 2.24) is 10.0 Å². The summed E-state index contributed by atoms with van der Waals surface area (Å²) >= 11 is 5.77. The maximum atomic E-state index is 12.4. The van der Waals surface area contributed by atoms with Crippen LogP contribution in [0.5, 0.6) is 0 Å². The highest BCUT2D eigenvalue weighted by Crippen LogP contribution is 2.15. The summed E-state index contributed by atoms with van der Waals surface area (Å²) in [5.41, 5.74) is 0. The van der Waals surface area contributed by atoms with Crippen molar-refractivity contribution in [2.24, 2.45) is 11.8 Å². The minimum absolute atomic E-state index is 0.0857. The summed E-state index contributed by atoms with van der Waals surface area (Å²) in [6.07, 6.45) is 0.848. The molecule has 0 aromatic heterocycles. The molecule has 1 aromatic carbocycles. The zero-order valence-electron chi connectivity index (χ0n) is 14.0. The summed E-state index contributed by atoms with van der Waals surface area (Å²) in [5, 5.41) is 3.25. The summed E-state index contributed by atoms with van der Waals surface area (Å²) in [4.78, 5) is 12.4. The zero-order valence-corrected chi connectivity index (χ0v) is 15.5. The van der Waals surface area contributed by atoms with Crippen molar-refractivity contribution < 1.29 is 13.2 Å². The largest absolute Gasteiger partial charge is 0.355 e. The first-order valence-corrected chi connectivity index (χ1v) is 9.55. The van der Waals surface area contributed by atoms with Gasteiger partial charge >= 0.3 is 0 Å². The van der Waals surface area contributed by atoms with Gasteiger partial charge in [-0.25, -0.2) is 8.42 Å². The molecule has 0 aliphatic rings. The van der Waals surface area contributed by atoms with Gasteiger partial charge in [-0.15, -0.1) is 0 Å². The maximum Gasteiger partial charge on any atom is 0.241 e. The van der Waals surface area contributed by atoms with Crippen LogP contribution in [0.4, 0.5) is 0 Å². The molecule has 0 aliphatic heterocycles. The molecule has 5 nitrogen and oxygen atoms in total. The Morgan fingerprint density at radius 1 is 1.13 bits per heavy atom. The summed E-state index contributed by atoms with van der Waals surface area (Å²) in [7, 11) is -3.78.